The number of nitrogens with one attached hydrogen (secondary N) is 1. The topological polar surface area (TPSA) is 81.0 Å². The third kappa shape index (κ3) is 4.47. The Bertz CT molecular complexity index is 1230. The normalized spacial score (nSPS) is 20.6. The fourth-order valence-corrected chi connectivity index (χ4v) is 4.92. The zero-order chi connectivity index (χ0) is 24.6. The maximum atomic E-state index is 13.9. The molecule has 1 N–H and O–H groups in total. The molecule has 0 spiro atoms. The van der Waals surface area contributed by atoms with Crippen molar-refractivity contribution < 1.29 is 23.5 Å². The molecule has 2 aromatic carbocycles. The number of hydrogen-bond acceptors (Lipinski definition) is 5. The van der Waals surface area contributed by atoms with Crippen molar-refractivity contribution in [3.63, 3.8) is 0 Å². The third-order valence-corrected chi connectivity index (χ3v) is 6.90. The van der Waals surface area contributed by atoms with Crippen molar-refractivity contribution in [1.29, 1.82) is 0 Å². The number of nitrogens with zero attached hydrogens (tertiary/aromatic N) is 1. The molecule has 1 unspecified atom stereocenters. The van der Waals surface area contributed by atoms with E-state index in [0.29, 0.717) is 11.3 Å². The molecule has 184 valence electrons. The Balaban J connectivity index is 1.50. The minimum absolute atomic E-state index is 0.0301. The monoisotopic (exact) mass is 476 g/mol. The molecular weight excluding hydrogens is 444 g/mol. The summed E-state index contributed by atoms with van der Waals surface area (Å²) in [5.74, 6) is 0.722. The summed E-state index contributed by atoms with van der Waals surface area (Å²) in [5.41, 5.74) is 0.254. The quantitative estimate of drug-likeness (QED) is 0.537. The van der Waals surface area contributed by atoms with Gasteiger partial charge in [0.05, 0.1) is 11.5 Å². The molecule has 7 nitrogen and oxygen atoms in total. The zero-order valence-electron chi connectivity index (χ0n) is 20.5. The number of benzene rings is 2. The lowest BCUT2D eigenvalue weighted by Gasteiger charge is -2.38. The van der Waals surface area contributed by atoms with Gasteiger partial charge in [0, 0.05) is 12.6 Å². The molecule has 2 amide bonds. The van der Waals surface area contributed by atoms with Crippen LogP contribution >= 0.6 is 0 Å². The number of rotatable bonds is 6. The van der Waals surface area contributed by atoms with Gasteiger partial charge in [0.25, 0.3) is 5.91 Å². The second-order valence-electron chi connectivity index (χ2n) is 9.98. The van der Waals surface area contributed by atoms with E-state index in [-0.39, 0.29) is 42.9 Å². The molecule has 2 aliphatic rings. The Hall–Kier alpha value is -3.48. The van der Waals surface area contributed by atoms with Crippen molar-refractivity contribution >= 4 is 22.8 Å². The molecular formula is C28H32N2O5. The first-order valence-corrected chi connectivity index (χ1v) is 12.4. The molecule has 5 rings (SSSR count). The van der Waals surface area contributed by atoms with E-state index < -0.39 is 5.54 Å². The minimum Gasteiger partial charge on any atom is -0.491 e. The summed E-state index contributed by atoms with van der Waals surface area (Å²) in [4.78, 5) is 29.2. The van der Waals surface area contributed by atoms with Crippen LogP contribution in [-0.4, -0.2) is 41.0 Å². The summed E-state index contributed by atoms with van der Waals surface area (Å²) < 4.78 is 17.9. The lowest BCUT2D eigenvalue weighted by molar-refractivity contribution is -0.133. The van der Waals surface area contributed by atoms with Crippen molar-refractivity contribution in [2.75, 3.05) is 6.61 Å². The Kier molecular flexibility index (Phi) is 6.17. The van der Waals surface area contributed by atoms with Crippen LogP contribution in [0.4, 0.5) is 0 Å². The number of fused-ring (bicyclic) bond motifs is 3. The molecule has 1 aliphatic heterocycles. The highest BCUT2D eigenvalue weighted by atomic mass is 16.5. The van der Waals surface area contributed by atoms with E-state index in [9.17, 15) is 9.59 Å². The maximum absolute atomic E-state index is 13.9. The number of furan rings is 1. The fraction of sp³-hybridized carbons (Fsp3) is 0.429. The number of carbonyl (C=O) groups excluding carboxylic acids is 2. The summed E-state index contributed by atoms with van der Waals surface area (Å²) in [6, 6.07) is 15.1. The van der Waals surface area contributed by atoms with E-state index in [0.717, 1.165) is 42.4 Å². The molecule has 1 fully saturated rings. The number of amides is 2. The highest BCUT2D eigenvalue weighted by Crippen LogP contribution is 2.39. The molecule has 0 saturated heterocycles. The van der Waals surface area contributed by atoms with Gasteiger partial charge in [-0.2, -0.15) is 0 Å². The van der Waals surface area contributed by atoms with Gasteiger partial charge in [0.1, 0.15) is 17.9 Å². The molecule has 1 aliphatic carbocycles. The molecule has 1 saturated carbocycles. The van der Waals surface area contributed by atoms with E-state index in [2.05, 4.69) is 5.32 Å². The Morgan fingerprint density at radius 2 is 1.86 bits per heavy atom. The van der Waals surface area contributed by atoms with Crippen molar-refractivity contribution in [3.8, 4) is 11.5 Å². The van der Waals surface area contributed by atoms with E-state index >= 15 is 0 Å². The third-order valence-electron chi connectivity index (χ3n) is 6.90. The molecule has 1 atom stereocenters. The molecule has 0 bridgehead atoms. The van der Waals surface area contributed by atoms with Gasteiger partial charge in [0.15, 0.2) is 11.3 Å². The first-order chi connectivity index (χ1) is 16.8. The largest absolute Gasteiger partial charge is 0.491 e. The lowest BCUT2D eigenvalue weighted by Crippen LogP contribution is -2.62. The predicted octanol–water partition coefficient (Wildman–Crippen LogP) is 5.07. The van der Waals surface area contributed by atoms with E-state index in [4.69, 9.17) is 13.9 Å². The minimum atomic E-state index is -1.21. The fourth-order valence-electron chi connectivity index (χ4n) is 4.92. The van der Waals surface area contributed by atoms with Crippen molar-refractivity contribution in [2.45, 2.75) is 70.7 Å². The SMILES string of the molecule is CC(C)Oc1ccc(CN2C(=O)c3oc4ccccc4c3OCC2(C)C(=O)NC2CCCC2)cc1. The average molecular weight is 477 g/mol. The predicted molar refractivity (Wildman–Crippen MR) is 133 cm³/mol. The van der Waals surface area contributed by atoms with Gasteiger partial charge in [-0.1, -0.05) is 37.1 Å². The molecule has 2 heterocycles. The summed E-state index contributed by atoms with van der Waals surface area (Å²) in [7, 11) is 0. The first kappa shape index (κ1) is 23.3. The van der Waals surface area contributed by atoms with Crippen molar-refractivity contribution in [3.05, 3.63) is 59.9 Å². The highest BCUT2D eigenvalue weighted by molar-refractivity contribution is 6.04. The van der Waals surface area contributed by atoms with Crippen LogP contribution in [0.25, 0.3) is 11.0 Å². The molecule has 35 heavy (non-hydrogen) atoms. The number of hydrogen-bond donors (Lipinski definition) is 1. The Labute approximate surface area is 205 Å². The van der Waals surface area contributed by atoms with Crippen LogP contribution in [-0.2, 0) is 11.3 Å². The lowest BCUT2D eigenvalue weighted by atomic mass is 9.97. The highest BCUT2D eigenvalue weighted by Gasteiger charge is 2.48. The van der Waals surface area contributed by atoms with Gasteiger partial charge in [0.2, 0.25) is 11.7 Å². The molecule has 0 radical (unpaired) electrons. The van der Waals surface area contributed by atoms with Crippen LogP contribution in [0.1, 0.15) is 62.6 Å². The van der Waals surface area contributed by atoms with Gasteiger partial charge >= 0.3 is 0 Å². The van der Waals surface area contributed by atoms with Gasteiger partial charge in [-0.05, 0) is 63.4 Å². The van der Waals surface area contributed by atoms with E-state index in [1.165, 1.54) is 0 Å². The van der Waals surface area contributed by atoms with E-state index in [1.807, 2.05) is 62.4 Å². The van der Waals surface area contributed by atoms with Crippen LogP contribution in [0.5, 0.6) is 11.5 Å². The van der Waals surface area contributed by atoms with Gasteiger partial charge in [-0.15, -0.1) is 0 Å². The molecule has 7 heteroatoms. The smallest absolute Gasteiger partial charge is 0.294 e. The van der Waals surface area contributed by atoms with Crippen LogP contribution in [0.3, 0.4) is 0 Å². The molecule has 1 aromatic heterocycles. The first-order valence-electron chi connectivity index (χ1n) is 12.4. The van der Waals surface area contributed by atoms with E-state index in [1.54, 1.807) is 11.8 Å². The van der Waals surface area contributed by atoms with Crippen molar-refractivity contribution in [2.24, 2.45) is 0 Å². The second-order valence-corrected chi connectivity index (χ2v) is 9.98. The summed E-state index contributed by atoms with van der Waals surface area (Å²) in [5, 5.41) is 3.90. The summed E-state index contributed by atoms with van der Waals surface area (Å²) in [6.45, 7) is 5.99. The van der Waals surface area contributed by atoms with Crippen LogP contribution < -0.4 is 14.8 Å². The van der Waals surface area contributed by atoms with Crippen molar-refractivity contribution in [1.82, 2.24) is 10.2 Å². The summed E-state index contributed by atoms with van der Waals surface area (Å²) in [6.07, 6.45) is 4.19. The van der Waals surface area contributed by atoms with Gasteiger partial charge in [-0.3, -0.25) is 9.59 Å². The number of carbonyl (C=O) groups is 2. The number of para-hydroxylation sites is 1. The van der Waals surface area contributed by atoms with Crippen LogP contribution in [0.2, 0.25) is 0 Å². The van der Waals surface area contributed by atoms with Crippen LogP contribution in [0.15, 0.2) is 52.9 Å². The zero-order valence-corrected chi connectivity index (χ0v) is 20.5. The Morgan fingerprint density at radius 3 is 2.57 bits per heavy atom. The second kappa shape index (κ2) is 9.29. The van der Waals surface area contributed by atoms with Gasteiger partial charge < -0.3 is 24.1 Å². The number of ether oxygens (including phenoxy) is 2. The van der Waals surface area contributed by atoms with Crippen LogP contribution in [0, 0.1) is 0 Å². The average Bonchev–Trinajstić information content (AvgIpc) is 3.47. The molecule has 3 aromatic rings. The maximum Gasteiger partial charge on any atom is 0.294 e. The Morgan fingerprint density at radius 1 is 1.14 bits per heavy atom. The van der Waals surface area contributed by atoms with Gasteiger partial charge in [-0.25, -0.2) is 0 Å². The summed E-state index contributed by atoms with van der Waals surface area (Å²) >= 11 is 0. The standard InChI is InChI=1S/C28H32N2O5/c1-18(2)34-21-14-12-19(13-15-21)16-30-26(31)25-24(22-10-6-7-11-23(22)35-25)33-17-28(30,3)27(32)29-20-8-4-5-9-20/h6-7,10-15,18,20H,4-5,8-9,16-17H2,1-3H3,(H,29,32).